The predicted molar refractivity (Wildman–Crippen MR) is 246 cm³/mol. The fraction of sp³-hybridized carbons (Fsp3) is 0.360. The van der Waals surface area contributed by atoms with Gasteiger partial charge in [-0.05, 0) is 116 Å². The van der Waals surface area contributed by atoms with E-state index in [9.17, 15) is 41.9 Å². The molecule has 2 unspecified atom stereocenters. The molecule has 5 fully saturated rings. The minimum absolute atomic E-state index is 0.0349. The standard InChI is InChI=1S/C50H48Cl2F2N4O11S/c51-40-25-57(63)26-41(52)38(40)23-37(32-14-15-42(68-49(53)54)43(22-32)66-28-29-12-13-29)46-39(47(59)60)24-58(46)70(64,65)36-11-5-9-34(21-36)48(61)67-35-10-4-8-33(20-35)45(31-6-2-1-3-7-31)55-50(62)69-44-27-56-18-16-30(44)17-19-56/h1-11,14-15,20-22,25-26,29-30,37,39,44-46,49H,12-13,16-19,23-24,27-28H2,(H2-,55,59,60,62,63)/t37-,39?,44-,45-,46?/m0/s1. The van der Waals surface area contributed by atoms with Crippen LogP contribution in [-0.2, 0) is 26.0 Å². The van der Waals surface area contributed by atoms with Crippen LogP contribution in [0, 0.1) is 17.8 Å². The SMILES string of the molecule is O=C(N[C@@H](c1ccccc1)c1cccc(OC(=O)c2cccc(S(=O)(=O)N3CC(C(=O)[O-])C3[C@@H](Cc3c(Cl)c[n+](O)cc3Cl)c3ccc(OC(F)F)c(OCC4CC4)c3)c2)c1)O[C@H]1CN2CCC1CC2. The van der Waals surface area contributed by atoms with Gasteiger partial charge in [-0.25, -0.2) is 18.0 Å². The van der Waals surface area contributed by atoms with Gasteiger partial charge in [-0.15, -0.1) is 0 Å². The summed E-state index contributed by atoms with van der Waals surface area (Å²) >= 11 is 13.1. The summed E-state index contributed by atoms with van der Waals surface area (Å²) in [5.74, 6) is -4.72. The number of benzene rings is 4. The highest BCUT2D eigenvalue weighted by atomic mass is 35.5. The van der Waals surface area contributed by atoms with Gasteiger partial charge in [0.1, 0.15) is 21.9 Å². The summed E-state index contributed by atoms with van der Waals surface area (Å²) in [6.45, 7) is -0.871. The molecule has 2 bridgehead atoms. The van der Waals surface area contributed by atoms with Crippen molar-refractivity contribution in [1.82, 2.24) is 14.5 Å². The molecule has 70 heavy (non-hydrogen) atoms. The van der Waals surface area contributed by atoms with Crippen LogP contribution in [0.3, 0.4) is 0 Å². The minimum Gasteiger partial charge on any atom is -0.550 e. The number of halogens is 4. The fourth-order valence-corrected chi connectivity index (χ4v) is 11.9. The minimum atomic E-state index is -4.63. The average molecular weight is 1020 g/mol. The number of sulfonamides is 1. The number of nitrogens with one attached hydrogen (secondary N) is 1. The number of carbonyl (C=O) groups is 3. The van der Waals surface area contributed by atoms with Gasteiger partial charge in [-0.1, -0.05) is 77.8 Å². The quantitative estimate of drug-likeness (QED) is 0.0405. The Morgan fingerprint density at radius 2 is 1.56 bits per heavy atom. The van der Waals surface area contributed by atoms with Crippen molar-refractivity contribution < 1.29 is 65.6 Å². The van der Waals surface area contributed by atoms with Gasteiger partial charge in [-0.2, -0.15) is 13.1 Å². The van der Waals surface area contributed by atoms with Crippen LogP contribution in [0.15, 0.2) is 114 Å². The first kappa shape index (κ1) is 49.0. The lowest BCUT2D eigenvalue weighted by atomic mass is 9.75. The molecule has 5 heterocycles. The molecular weight excluding hydrogens is 974 g/mol. The van der Waals surface area contributed by atoms with E-state index in [1.807, 2.05) is 30.3 Å². The second kappa shape index (κ2) is 20.7. The number of amides is 1. The number of alkyl carbamates (subject to hydrolysis) is 1. The molecular formula is C50H48Cl2F2N4O11S. The number of piperidine rings is 3. The number of esters is 1. The Balaban J connectivity index is 0.983. The van der Waals surface area contributed by atoms with E-state index < -0.39 is 65.1 Å². The maximum absolute atomic E-state index is 14.7. The second-order valence-corrected chi connectivity index (χ2v) is 20.7. The molecule has 4 saturated heterocycles. The van der Waals surface area contributed by atoms with Gasteiger partial charge in [0, 0.05) is 47.2 Å². The Morgan fingerprint density at radius 3 is 2.23 bits per heavy atom. The molecule has 15 nitrogen and oxygen atoms in total. The van der Waals surface area contributed by atoms with E-state index in [4.69, 9.17) is 42.1 Å². The monoisotopic (exact) mass is 1020 g/mol. The Hall–Kier alpha value is -6.05. The number of carboxylic acids is 1. The smallest absolute Gasteiger partial charge is 0.408 e. The lowest BCUT2D eigenvalue weighted by molar-refractivity contribution is -0.904. The molecule has 1 aliphatic carbocycles. The van der Waals surface area contributed by atoms with E-state index in [1.165, 1.54) is 36.4 Å². The van der Waals surface area contributed by atoms with Crippen molar-refractivity contribution in [2.75, 3.05) is 32.8 Å². The van der Waals surface area contributed by atoms with Gasteiger partial charge in [0.2, 0.25) is 22.4 Å². The summed E-state index contributed by atoms with van der Waals surface area (Å²) < 4.78 is 80.5. The van der Waals surface area contributed by atoms with Gasteiger partial charge >= 0.3 is 18.7 Å². The third-order valence-corrected chi connectivity index (χ3v) is 16.0. The second-order valence-electron chi connectivity index (χ2n) is 18.0. The maximum atomic E-state index is 14.7. The lowest BCUT2D eigenvalue weighted by Crippen LogP contribution is -2.65. The lowest BCUT2D eigenvalue weighted by Gasteiger charge is -2.51. The molecule has 1 aromatic heterocycles. The molecule has 4 aliphatic heterocycles. The van der Waals surface area contributed by atoms with E-state index in [1.54, 1.807) is 24.3 Å². The highest BCUT2D eigenvalue weighted by molar-refractivity contribution is 7.89. The normalized spacial score (nSPS) is 21.8. The van der Waals surface area contributed by atoms with Gasteiger partial charge < -0.3 is 34.2 Å². The average Bonchev–Trinajstić information content (AvgIpc) is 4.16. The molecule has 20 heteroatoms. The number of nitrogens with zero attached hydrogens (tertiary/aromatic N) is 3. The number of ether oxygens (including phenoxy) is 4. The van der Waals surface area contributed by atoms with Crippen LogP contribution in [0.2, 0.25) is 10.0 Å². The van der Waals surface area contributed by atoms with Crippen molar-refractivity contribution in [1.29, 1.82) is 0 Å². The summed E-state index contributed by atoms with van der Waals surface area (Å²) in [6.07, 6.45) is 4.97. The number of rotatable bonds is 18. The van der Waals surface area contributed by atoms with Gasteiger partial charge in [0.05, 0.1) is 23.1 Å². The molecule has 1 amide bonds. The molecule has 368 valence electrons. The summed E-state index contributed by atoms with van der Waals surface area (Å²) in [6, 6.07) is 22.8. The molecule has 10 rings (SSSR count). The van der Waals surface area contributed by atoms with Crippen LogP contribution in [0.4, 0.5) is 13.6 Å². The van der Waals surface area contributed by atoms with Crippen LogP contribution < -0.4 is 29.4 Å². The molecule has 2 N–H and O–H groups in total. The zero-order valence-electron chi connectivity index (χ0n) is 37.4. The molecule has 5 atom stereocenters. The molecule has 0 radical (unpaired) electrons. The van der Waals surface area contributed by atoms with Crippen molar-refractivity contribution in [3.05, 3.63) is 147 Å². The number of carbonyl (C=O) groups excluding carboxylic acids is 3. The summed E-state index contributed by atoms with van der Waals surface area (Å²) in [5.41, 5.74) is 1.66. The number of alkyl halides is 2. The van der Waals surface area contributed by atoms with E-state index in [2.05, 4.69) is 10.2 Å². The molecule has 4 aromatic carbocycles. The Labute approximate surface area is 412 Å². The zero-order valence-corrected chi connectivity index (χ0v) is 39.7. The zero-order chi connectivity index (χ0) is 49.3. The van der Waals surface area contributed by atoms with Crippen molar-refractivity contribution in [2.45, 2.75) is 67.7 Å². The van der Waals surface area contributed by atoms with E-state index in [0.717, 1.165) is 67.1 Å². The van der Waals surface area contributed by atoms with E-state index in [-0.39, 0.29) is 73.9 Å². The topological polar surface area (TPSA) is 188 Å². The number of aliphatic carboxylic acids is 1. The van der Waals surface area contributed by atoms with Crippen LogP contribution >= 0.6 is 23.2 Å². The van der Waals surface area contributed by atoms with E-state index in [0.29, 0.717) is 22.8 Å². The Morgan fingerprint density at radius 1 is 0.843 bits per heavy atom. The van der Waals surface area contributed by atoms with Crippen LogP contribution in [0.1, 0.15) is 70.3 Å². The third kappa shape index (κ3) is 11.0. The van der Waals surface area contributed by atoms with Crippen LogP contribution in [0.25, 0.3) is 0 Å². The van der Waals surface area contributed by atoms with Crippen LogP contribution in [0.5, 0.6) is 17.2 Å². The molecule has 0 spiro atoms. The number of hydrogen-bond donors (Lipinski definition) is 2. The van der Waals surface area contributed by atoms with Gasteiger partial charge in [0.25, 0.3) is 0 Å². The first-order chi connectivity index (χ1) is 33.6. The first-order valence-corrected chi connectivity index (χ1v) is 25.0. The Kier molecular flexibility index (Phi) is 14.5. The van der Waals surface area contributed by atoms with Crippen LogP contribution in [-0.4, -0.2) is 92.4 Å². The predicted octanol–water partition coefficient (Wildman–Crippen LogP) is 6.80. The number of pyridine rings is 1. The highest BCUT2D eigenvalue weighted by Crippen LogP contribution is 2.46. The molecule has 5 aromatic rings. The van der Waals surface area contributed by atoms with Crippen molar-refractivity contribution in [3.8, 4) is 17.2 Å². The largest absolute Gasteiger partial charge is 0.550 e. The van der Waals surface area contributed by atoms with Gasteiger partial charge in [0.15, 0.2) is 11.5 Å². The summed E-state index contributed by atoms with van der Waals surface area (Å²) in [7, 11) is -4.63. The third-order valence-electron chi connectivity index (χ3n) is 13.4. The summed E-state index contributed by atoms with van der Waals surface area (Å²) in [5, 5.41) is 25.8. The Bertz CT molecular complexity index is 2850. The summed E-state index contributed by atoms with van der Waals surface area (Å²) in [4.78, 5) is 42.0. The van der Waals surface area contributed by atoms with Crippen molar-refractivity contribution in [3.63, 3.8) is 0 Å². The molecule has 5 aliphatic rings. The van der Waals surface area contributed by atoms with E-state index >= 15 is 0 Å². The highest BCUT2D eigenvalue weighted by Gasteiger charge is 2.51. The first-order valence-electron chi connectivity index (χ1n) is 22.8. The number of fused-ring (bicyclic) bond motifs is 3. The number of hydrogen-bond acceptors (Lipinski definition) is 12. The number of carboxylic acid groups (broad SMARTS) is 1. The maximum Gasteiger partial charge on any atom is 0.408 e. The van der Waals surface area contributed by atoms with Crippen molar-refractivity contribution >= 4 is 51.3 Å². The van der Waals surface area contributed by atoms with Gasteiger partial charge in [-0.3, -0.25) is 10.1 Å². The van der Waals surface area contributed by atoms with Crippen molar-refractivity contribution in [2.24, 2.45) is 17.8 Å². The number of aromatic nitrogens is 1. The molecule has 1 saturated carbocycles. The fourth-order valence-electron chi connectivity index (χ4n) is 9.56.